The maximum Gasteiger partial charge on any atom is 0.247 e. The number of nitrogens with one attached hydrogen (secondary N) is 2. The third kappa shape index (κ3) is 5.14. The van der Waals surface area contributed by atoms with Crippen molar-refractivity contribution >= 4 is 17.4 Å². The van der Waals surface area contributed by atoms with Crippen molar-refractivity contribution in [2.45, 2.75) is 46.0 Å². The first kappa shape index (κ1) is 18.6. The highest BCUT2D eigenvalue weighted by Crippen LogP contribution is 2.24. The zero-order valence-corrected chi connectivity index (χ0v) is 14.9. The number of carbonyl (C=O) groups excluding carboxylic acids is 2. The normalized spacial score (nSPS) is 11.8. The molecule has 0 saturated heterocycles. The van der Waals surface area contributed by atoms with Crippen molar-refractivity contribution < 1.29 is 9.59 Å². The molecule has 1 aromatic heterocycles. The fraction of sp³-hybridized carbons (Fsp3) is 0.350. The Labute approximate surface area is 147 Å². The Morgan fingerprint density at radius 3 is 2.56 bits per heavy atom. The quantitative estimate of drug-likeness (QED) is 0.755. The lowest BCUT2D eigenvalue weighted by atomic mass is 9.91. The van der Waals surface area contributed by atoms with Crippen molar-refractivity contribution in [3.63, 3.8) is 0 Å². The van der Waals surface area contributed by atoms with E-state index in [1.807, 2.05) is 19.1 Å². The van der Waals surface area contributed by atoms with Crippen LogP contribution in [0.4, 0.5) is 5.69 Å². The summed E-state index contributed by atoms with van der Waals surface area (Å²) < 4.78 is 0. The Kier molecular flexibility index (Phi) is 6.28. The van der Waals surface area contributed by atoms with Crippen molar-refractivity contribution in [3.8, 4) is 0 Å². The molecule has 0 aliphatic rings. The predicted molar refractivity (Wildman–Crippen MR) is 99.2 cm³/mol. The largest absolute Gasteiger partial charge is 0.329 e. The van der Waals surface area contributed by atoms with Crippen LogP contribution in [-0.2, 0) is 11.2 Å². The lowest BCUT2D eigenvalue weighted by molar-refractivity contribution is -0.116. The summed E-state index contributed by atoms with van der Waals surface area (Å²) in [4.78, 5) is 37.6. The molecule has 2 rings (SSSR count). The van der Waals surface area contributed by atoms with E-state index in [0.717, 1.165) is 17.5 Å². The summed E-state index contributed by atoms with van der Waals surface area (Å²) in [6, 6.07) is 8.76. The summed E-state index contributed by atoms with van der Waals surface area (Å²) >= 11 is 0. The average molecular weight is 340 g/mol. The van der Waals surface area contributed by atoms with Crippen molar-refractivity contribution in [1.82, 2.24) is 4.98 Å². The smallest absolute Gasteiger partial charge is 0.247 e. The zero-order valence-electron chi connectivity index (χ0n) is 14.9. The summed E-state index contributed by atoms with van der Waals surface area (Å²) in [5, 5.41) is 2.83. The summed E-state index contributed by atoms with van der Waals surface area (Å²) in [5.74, 6) is 0.0668. The van der Waals surface area contributed by atoms with Crippen LogP contribution in [0.25, 0.3) is 0 Å². The van der Waals surface area contributed by atoms with Gasteiger partial charge in [-0.3, -0.25) is 14.4 Å². The fourth-order valence-corrected chi connectivity index (χ4v) is 2.79. The van der Waals surface area contributed by atoms with Gasteiger partial charge in [-0.2, -0.15) is 0 Å². The molecule has 0 aliphatic heterocycles. The van der Waals surface area contributed by atoms with E-state index in [4.69, 9.17) is 0 Å². The lowest BCUT2D eigenvalue weighted by Crippen LogP contribution is -2.12. The minimum Gasteiger partial charge on any atom is -0.329 e. The van der Waals surface area contributed by atoms with Crippen LogP contribution in [-0.4, -0.2) is 16.7 Å². The molecule has 0 spiro atoms. The van der Waals surface area contributed by atoms with E-state index in [-0.39, 0.29) is 23.2 Å². The van der Waals surface area contributed by atoms with E-state index in [0.29, 0.717) is 24.1 Å². The number of benzene rings is 1. The number of hydrogen-bond acceptors (Lipinski definition) is 3. The van der Waals surface area contributed by atoms with E-state index < -0.39 is 0 Å². The summed E-state index contributed by atoms with van der Waals surface area (Å²) in [6.07, 6.45) is 3.62. The first-order valence-corrected chi connectivity index (χ1v) is 8.53. The van der Waals surface area contributed by atoms with Crippen LogP contribution in [0.5, 0.6) is 0 Å². The monoisotopic (exact) mass is 340 g/mol. The van der Waals surface area contributed by atoms with Gasteiger partial charge in [-0.1, -0.05) is 26.0 Å². The second-order valence-corrected chi connectivity index (χ2v) is 6.32. The molecule has 132 valence electrons. The Balaban J connectivity index is 2.22. The number of aromatic nitrogens is 1. The molecule has 0 aliphatic carbocycles. The highest BCUT2D eigenvalue weighted by molar-refractivity contribution is 5.98. The molecular formula is C20H24N2O3. The zero-order chi connectivity index (χ0) is 18.4. The van der Waals surface area contributed by atoms with Crippen molar-refractivity contribution in [2.24, 2.45) is 0 Å². The molecule has 25 heavy (non-hydrogen) atoms. The molecular weight excluding hydrogens is 316 g/mol. The molecule has 5 heteroatoms. The average Bonchev–Trinajstić information content (AvgIpc) is 2.56. The van der Waals surface area contributed by atoms with Crippen LogP contribution in [0, 0.1) is 0 Å². The number of amides is 1. The van der Waals surface area contributed by atoms with Crippen LogP contribution < -0.4 is 10.9 Å². The number of pyridine rings is 1. The molecule has 1 unspecified atom stereocenters. The van der Waals surface area contributed by atoms with E-state index >= 15 is 0 Å². The molecule has 1 heterocycles. The Morgan fingerprint density at radius 2 is 1.96 bits per heavy atom. The van der Waals surface area contributed by atoms with Crippen LogP contribution in [0.3, 0.4) is 0 Å². The molecule has 5 nitrogen and oxygen atoms in total. The van der Waals surface area contributed by atoms with Crippen LogP contribution in [0.1, 0.15) is 61.0 Å². The molecule has 1 amide bonds. The first-order valence-electron chi connectivity index (χ1n) is 8.53. The van der Waals surface area contributed by atoms with Gasteiger partial charge in [0.25, 0.3) is 0 Å². The number of rotatable bonds is 7. The van der Waals surface area contributed by atoms with E-state index in [1.54, 1.807) is 18.3 Å². The van der Waals surface area contributed by atoms with Crippen molar-refractivity contribution in [2.75, 3.05) is 5.32 Å². The number of hydrogen-bond donors (Lipinski definition) is 2. The number of anilines is 1. The van der Waals surface area contributed by atoms with Crippen LogP contribution >= 0.6 is 0 Å². The molecule has 0 radical (unpaired) electrons. The number of carbonyl (C=O) groups is 2. The second kappa shape index (κ2) is 8.42. The van der Waals surface area contributed by atoms with Gasteiger partial charge in [0, 0.05) is 29.9 Å². The highest BCUT2D eigenvalue weighted by atomic mass is 16.1. The molecule has 1 atom stereocenters. The maximum absolute atomic E-state index is 12.0. The predicted octanol–water partition coefficient (Wildman–Crippen LogP) is 3.66. The molecule has 0 saturated carbocycles. The maximum atomic E-state index is 12.0. The van der Waals surface area contributed by atoms with Gasteiger partial charge in [-0.05, 0) is 48.9 Å². The van der Waals surface area contributed by atoms with Gasteiger partial charge in [0.2, 0.25) is 11.5 Å². The van der Waals surface area contributed by atoms with Gasteiger partial charge in [-0.25, -0.2) is 0 Å². The Bertz CT molecular complexity index is 803. The van der Waals surface area contributed by atoms with Gasteiger partial charge < -0.3 is 10.3 Å². The number of aromatic amines is 1. The van der Waals surface area contributed by atoms with E-state index in [9.17, 15) is 14.4 Å². The van der Waals surface area contributed by atoms with E-state index in [2.05, 4.69) is 17.2 Å². The number of Topliss-reactive ketones (excluding diaryl/α,β-unsaturated/α-hetero) is 1. The first-order chi connectivity index (χ1) is 11.9. The molecule has 2 N–H and O–H groups in total. The molecule has 2 aromatic rings. The third-order valence-electron chi connectivity index (χ3n) is 4.15. The molecule has 0 fully saturated rings. The van der Waals surface area contributed by atoms with Crippen LogP contribution in [0.15, 0.2) is 41.3 Å². The minimum absolute atomic E-state index is 0.0322. The van der Waals surface area contributed by atoms with Gasteiger partial charge in [-0.15, -0.1) is 0 Å². The number of H-pyrrole nitrogens is 1. The van der Waals surface area contributed by atoms with E-state index in [1.165, 1.54) is 13.0 Å². The Morgan fingerprint density at radius 1 is 1.20 bits per heavy atom. The minimum atomic E-state index is -0.132. The SMILES string of the molecule is CCCC(=O)Nc1ccc(CC(C)c2ccc(=O)[nH]c2)c(C(C)=O)c1. The van der Waals surface area contributed by atoms with Crippen molar-refractivity contribution in [1.29, 1.82) is 0 Å². The van der Waals surface area contributed by atoms with Gasteiger partial charge in [0.15, 0.2) is 5.78 Å². The summed E-state index contributed by atoms with van der Waals surface area (Å²) in [5.41, 5.74) is 3.07. The fourth-order valence-electron chi connectivity index (χ4n) is 2.79. The standard InChI is InChI=1S/C20H24N2O3/c1-4-5-20(25)22-17-8-6-15(18(11-17)14(3)23)10-13(2)16-7-9-19(24)21-12-16/h6-9,11-13H,4-5,10H2,1-3H3,(H,21,24)(H,22,25). The van der Waals surface area contributed by atoms with Crippen LogP contribution in [0.2, 0.25) is 0 Å². The van der Waals surface area contributed by atoms with Crippen molar-refractivity contribution in [3.05, 3.63) is 63.6 Å². The van der Waals surface area contributed by atoms with Gasteiger partial charge >= 0.3 is 0 Å². The lowest BCUT2D eigenvalue weighted by Gasteiger charge is -2.15. The molecule has 1 aromatic carbocycles. The summed E-state index contributed by atoms with van der Waals surface area (Å²) in [6.45, 7) is 5.53. The second-order valence-electron chi connectivity index (χ2n) is 6.32. The number of ketones is 1. The molecule has 0 bridgehead atoms. The topological polar surface area (TPSA) is 79.0 Å². The van der Waals surface area contributed by atoms with Gasteiger partial charge in [0.1, 0.15) is 0 Å². The third-order valence-corrected chi connectivity index (χ3v) is 4.15. The summed E-state index contributed by atoms with van der Waals surface area (Å²) in [7, 11) is 0. The van der Waals surface area contributed by atoms with Gasteiger partial charge in [0.05, 0.1) is 0 Å². The Hall–Kier alpha value is -2.69. The highest BCUT2D eigenvalue weighted by Gasteiger charge is 2.14.